The summed E-state index contributed by atoms with van der Waals surface area (Å²) in [5.74, 6) is 0. The topological polar surface area (TPSA) is 8.51 Å². The van der Waals surface area contributed by atoms with E-state index in [0.717, 1.165) is 0 Å². The van der Waals surface area contributed by atoms with Gasteiger partial charge in [-0.1, -0.05) is 51.9 Å². The molecule has 1 radical (unpaired) electrons. The van der Waals surface area contributed by atoms with Crippen molar-refractivity contribution in [1.29, 1.82) is 0 Å². The van der Waals surface area contributed by atoms with Gasteiger partial charge in [0, 0.05) is 25.5 Å². The third-order valence-corrected chi connectivity index (χ3v) is 4.26. The number of fused-ring (bicyclic) bond motifs is 3. The van der Waals surface area contributed by atoms with Crippen LogP contribution in [0.5, 0.6) is 0 Å². The predicted molar refractivity (Wildman–Crippen MR) is 106 cm³/mol. The number of aromatic nitrogens is 2. The molecule has 0 N–H and O–H groups in total. The molecule has 0 aliphatic carbocycles. The van der Waals surface area contributed by atoms with Gasteiger partial charge in [-0.2, -0.15) is 17.5 Å². The van der Waals surface area contributed by atoms with E-state index in [1.54, 1.807) is 0 Å². The molecule has 3 heteroatoms. The molecule has 0 bridgehead atoms. The quantitative estimate of drug-likeness (QED) is 0.140. The molecule has 2 aromatic carbocycles. The second-order valence-electron chi connectivity index (χ2n) is 5.39. The van der Waals surface area contributed by atoms with Crippen LogP contribution in [0.4, 0.5) is 0 Å². The van der Waals surface area contributed by atoms with E-state index in [9.17, 15) is 0 Å². The maximum absolute atomic E-state index is 2.28. The van der Waals surface area contributed by atoms with E-state index in [-0.39, 0.29) is 42.4 Å². The van der Waals surface area contributed by atoms with Crippen molar-refractivity contribution in [2.75, 3.05) is 0 Å². The molecule has 2 nitrogen and oxygen atoms in total. The first-order chi connectivity index (χ1) is 10.4. The van der Waals surface area contributed by atoms with Gasteiger partial charge in [0.1, 0.15) is 5.52 Å². The Hall–Kier alpha value is -2.22. The second kappa shape index (κ2) is 7.77. The first-order valence-electron chi connectivity index (χ1n) is 7.14. The Kier molecular flexibility index (Phi) is 6.48. The molecule has 0 amide bonds. The molecule has 3 aromatic heterocycles. The summed E-state index contributed by atoms with van der Waals surface area (Å²) in [7, 11) is 0. The van der Waals surface area contributed by atoms with E-state index < -0.39 is 0 Å². The van der Waals surface area contributed by atoms with Gasteiger partial charge in [0.2, 0.25) is 0 Å². The standard InChI is InChI=1S/C19H13N2.3CH4.Ir/c1-2-10-17-15(8-1)16-9-5-7-14-6-3-4-11-20-12-13-21(17)19(20)18(14)16;;;;/h1-13H;3*1H4;/q-1;;;;. The average Bonchev–Trinajstić information content (AvgIpc) is 2.93. The molecule has 0 spiro atoms. The van der Waals surface area contributed by atoms with Crippen LogP contribution in [0.25, 0.3) is 32.7 Å². The monoisotopic (exact) mass is 510 g/mol. The molecule has 5 aromatic rings. The van der Waals surface area contributed by atoms with E-state index in [1.165, 1.54) is 32.7 Å². The molecule has 0 atom stereocenters. The first kappa shape index (κ1) is 20.8. The van der Waals surface area contributed by atoms with E-state index in [1.807, 2.05) is 0 Å². The van der Waals surface area contributed by atoms with Crippen molar-refractivity contribution in [3.8, 4) is 0 Å². The van der Waals surface area contributed by atoms with Crippen LogP contribution < -0.4 is 4.40 Å². The minimum Gasteiger partial charge on any atom is -0.339 e. The fraction of sp³-hybridized carbons (Fsp3) is 0.136. The molecule has 3 heterocycles. The Labute approximate surface area is 163 Å². The van der Waals surface area contributed by atoms with Crippen molar-refractivity contribution in [2.24, 2.45) is 0 Å². The van der Waals surface area contributed by atoms with Crippen LogP contribution in [0.3, 0.4) is 0 Å². The smallest absolute Gasteiger partial charge is 0.176 e. The van der Waals surface area contributed by atoms with Crippen molar-refractivity contribution in [3.05, 3.63) is 79.3 Å². The minimum absolute atomic E-state index is 0. The Morgan fingerprint density at radius 3 is 2.44 bits per heavy atom. The van der Waals surface area contributed by atoms with Gasteiger partial charge in [0.05, 0.1) is 12.4 Å². The van der Waals surface area contributed by atoms with Crippen LogP contribution in [-0.2, 0) is 20.1 Å². The van der Waals surface area contributed by atoms with E-state index >= 15 is 0 Å². The first-order valence-corrected chi connectivity index (χ1v) is 7.14. The summed E-state index contributed by atoms with van der Waals surface area (Å²) < 4.78 is 4.48. The normalized spacial score (nSPS) is 9.92. The zero-order chi connectivity index (χ0) is 13.8. The summed E-state index contributed by atoms with van der Waals surface area (Å²) in [4.78, 5) is 0. The van der Waals surface area contributed by atoms with Gasteiger partial charge >= 0.3 is 0 Å². The number of hydrogen-bond acceptors (Lipinski definition) is 0. The molecule has 0 unspecified atom stereocenters. The van der Waals surface area contributed by atoms with Gasteiger partial charge in [-0.05, 0) is 17.6 Å². The number of nitrogens with zero attached hydrogens (tertiary/aromatic N) is 2. The molecule has 25 heavy (non-hydrogen) atoms. The summed E-state index contributed by atoms with van der Waals surface area (Å²) in [6, 6.07) is 21.5. The van der Waals surface area contributed by atoms with Crippen LogP contribution in [0, 0.1) is 0 Å². The van der Waals surface area contributed by atoms with Gasteiger partial charge in [-0.15, -0.1) is 12.1 Å². The molecule has 0 fully saturated rings. The van der Waals surface area contributed by atoms with E-state index in [2.05, 4.69) is 88.1 Å². The molecule has 5 rings (SSSR count). The molecule has 0 aliphatic heterocycles. The molecule has 0 saturated carbocycles. The van der Waals surface area contributed by atoms with Gasteiger partial charge in [0.15, 0.2) is 5.65 Å². The summed E-state index contributed by atoms with van der Waals surface area (Å²) in [5.41, 5.74) is 2.47. The summed E-state index contributed by atoms with van der Waals surface area (Å²) in [6.45, 7) is 0. The minimum atomic E-state index is 0. The molecule has 133 valence electrons. The van der Waals surface area contributed by atoms with E-state index in [0.29, 0.717) is 0 Å². The maximum atomic E-state index is 2.28. The summed E-state index contributed by atoms with van der Waals surface area (Å²) >= 11 is 0. The fourth-order valence-electron chi connectivity index (χ4n) is 3.36. The summed E-state index contributed by atoms with van der Waals surface area (Å²) in [6.07, 6.45) is 6.37. The van der Waals surface area contributed by atoms with Crippen molar-refractivity contribution in [1.82, 2.24) is 4.40 Å². The zero-order valence-electron chi connectivity index (χ0n) is 11.7. The second-order valence-corrected chi connectivity index (χ2v) is 5.39. The fourth-order valence-corrected chi connectivity index (χ4v) is 3.36. The Morgan fingerprint density at radius 2 is 1.60 bits per heavy atom. The molecule has 0 saturated heterocycles. The van der Waals surface area contributed by atoms with Gasteiger partial charge in [0.25, 0.3) is 0 Å². The van der Waals surface area contributed by atoms with Crippen molar-refractivity contribution >= 4 is 32.7 Å². The Balaban J connectivity index is 0.000000781. The molecular formula is C22H25IrN2-. The van der Waals surface area contributed by atoms with Crippen molar-refractivity contribution < 1.29 is 24.5 Å². The maximum Gasteiger partial charge on any atom is 0.176 e. The van der Waals surface area contributed by atoms with Gasteiger partial charge < -0.3 is 4.40 Å². The number of benzene rings is 2. The number of hydrogen-bond donors (Lipinski definition) is 0. The number of imidazole rings is 1. The van der Waals surface area contributed by atoms with Crippen LogP contribution in [-0.4, -0.2) is 4.40 Å². The molecular weight excluding hydrogens is 484 g/mol. The van der Waals surface area contributed by atoms with Crippen LogP contribution in [0.2, 0.25) is 0 Å². The van der Waals surface area contributed by atoms with Crippen molar-refractivity contribution in [3.63, 3.8) is 0 Å². The number of pyridine rings is 1. The Morgan fingerprint density at radius 1 is 0.840 bits per heavy atom. The number of para-hydroxylation sites is 1. The third kappa shape index (κ3) is 2.84. The van der Waals surface area contributed by atoms with Crippen LogP contribution in [0.15, 0.2) is 79.3 Å². The molecule has 0 aliphatic rings. The van der Waals surface area contributed by atoms with Crippen LogP contribution >= 0.6 is 0 Å². The predicted octanol–water partition coefficient (Wildman–Crippen LogP) is 5.89. The summed E-state index contributed by atoms with van der Waals surface area (Å²) in [5, 5.41) is 5.17. The zero-order valence-corrected chi connectivity index (χ0v) is 14.1. The third-order valence-electron chi connectivity index (χ3n) is 4.26. The van der Waals surface area contributed by atoms with E-state index in [4.69, 9.17) is 0 Å². The largest absolute Gasteiger partial charge is 0.339 e. The van der Waals surface area contributed by atoms with Gasteiger partial charge in [-0.25, -0.2) is 6.07 Å². The SMILES string of the molecule is C.C.C.[Ir].c1cc2[cH-]cc[cH-][n+]3ccn4c5ccccc5c(c1)c2c43. The number of rotatable bonds is 0. The van der Waals surface area contributed by atoms with Crippen molar-refractivity contribution in [2.45, 2.75) is 22.3 Å². The van der Waals surface area contributed by atoms with Gasteiger partial charge in [-0.3, -0.25) is 4.40 Å². The average molecular weight is 510 g/mol. The Bertz CT molecular complexity index is 1140. The van der Waals surface area contributed by atoms with Crippen LogP contribution in [0.1, 0.15) is 22.3 Å².